The highest BCUT2D eigenvalue weighted by Gasteiger charge is 2.37. The van der Waals surface area contributed by atoms with Gasteiger partial charge >= 0.3 is 0 Å². The maximum atomic E-state index is 2.46. The first-order valence-electron chi connectivity index (χ1n) is 19.1. The van der Waals surface area contributed by atoms with Gasteiger partial charge in [0.25, 0.3) is 0 Å². The zero-order valence-electron chi connectivity index (χ0n) is 30.8. The molecule has 0 radical (unpaired) electrons. The van der Waals surface area contributed by atoms with Gasteiger partial charge in [-0.05, 0) is 115 Å². The van der Waals surface area contributed by atoms with Crippen molar-refractivity contribution in [2.24, 2.45) is 0 Å². The minimum atomic E-state index is -0.0925. The van der Waals surface area contributed by atoms with E-state index in [1.807, 2.05) is 11.3 Å². The lowest BCUT2D eigenvalue weighted by Crippen LogP contribution is -2.16. The van der Waals surface area contributed by atoms with Gasteiger partial charge in [0.2, 0.25) is 0 Å². The van der Waals surface area contributed by atoms with Crippen molar-refractivity contribution in [1.29, 1.82) is 0 Å². The van der Waals surface area contributed by atoms with Crippen LogP contribution < -0.4 is 4.90 Å². The standard InChI is InChI=1S/C53H37NS/c1-53(2)46-17-8-7-15-44(46)52-47(53)18-10-19-48(52)54(41-27-23-35(24-28-41)40-22-21-34-11-3-4-12-37(34)31-40)42-29-25-36(26-30-42)43-16-9-20-49-51(43)45-32-38-13-5-6-14-39(38)33-50(45)55-49/h3-33H,1-2H3. The highest BCUT2D eigenvalue weighted by Crippen LogP contribution is 2.54. The Morgan fingerprint density at radius 1 is 0.418 bits per heavy atom. The minimum absolute atomic E-state index is 0.0925. The molecule has 1 aliphatic rings. The Kier molecular flexibility index (Phi) is 7.14. The third kappa shape index (κ3) is 5.06. The summed E-state index contributed by atoms with van der Waals surface area (Å²) in [6.07, 6.45) is 0. The van der Waals surface area contributed by atoms with Crippen molar-refractivity contribution < 1.29 is 0 Å². The Balaban J connectivity index is 1.06. The summed E-state index contributed by atoms with van der Waals surface area (Å²) in [5, 5.41) is 7.75. The Bertz CT molecular complexity index is 3110. The fourth-order valence-corrected chi connectivity index (χ4v) is 10.2. The number of nitrogens with zero attached hydrogens (tertiary/aromatic N) is 1. The molecule has 1 nitrogen and oxygen atoms in total. The van der Waals surface area contributed by atoms with Gasteiger partial charge in [0, 0.05) is 42.5 Å². The summed E-state index contributed by atoms with van der Waals surface area (Å²) in [5.74, 6) is 0. The van der Waals surface area contributed by atoms with Crippen LogP contribution >= 0.6 is 11.3 Å². The molecule has 11 rings (SSSR count). The molecule has 1 aliphatic carbocycles. The molecule has 0 N–H and O–H groups in total. The van der Waals surface area contributed by atoms with E-state index < -0.39 is 0 Å². The molecule has 0 bridgehead atoms. The van der Waals surface area contributed by atoms with Crippen molar-refractivity contribution in [1.82, 2.24) is 0 Å². The van der Waals surface area contributed by atoms with Crippen LogP contribution in [-0.2, 0) is 5.41 Å². The first kappa shape index (κ1) is 32.0. The quantitative estimate of drug-likeness (QED) is 0.171. The lowest BCUT2D eigenvalue weighted by atomic mass is 9.82. The summed E-state index contributed by atoms with van der Waals surface area (Å²) >= 11 is 1.89. The molecule has 0 spiro atoms. The van der Waals surface area contributed by atoms with E-state index in [-0.39, 0.29) is 5.41 Å². The van der Waals surface area contributed by atoms with E-state index >= 15 is 0 Å². The van der Waals surface area contributed by atoms with E-state index in [9.17, 15) is 0 Å². The van der Waals surface area contributed by atoms with Gasteiger partial charge in [-0.3, -0.25) is 0 Å². The van der Waals surface area contributed by atoms with Crippen molar-refractivity contribution in [2.75, 3.05) is 4.90 Å². The highest BCUT2D eigenvalue weighted by molar-refractivity contribution is 7.26. The molecule has 0 amide bonds. The van der Waals surface area contributed by atoms with Gasteiger partial charge in [0.1, 0.15) is 0 Å². The Morgan fingerprint density at radius 2 is 1.00 bits per heavy atom. The molecule has 0 aliphatic heterocycles. The summed E-state index contributed by atoms with van der Waals surface area (Å²) in [6.45, 7) is 4.72. The minimum Gasteiger partial charge on any atom is -0.310 e. The number of benzene rings is 9. The van der Waals surface area contributed by atoms with E-state index in [0.29, 0.717) is 0 Å². The summed E-state index contributed by atoms with van der Waals surface area (Å²) in [5.41, 5.74) is 13.7. The molecule has 10 aromatic rings. The number of hydrogen-bond donors (Lipinski definition) is 0. The number of fused-ring (bicyclic) bond motifs is 8. The van der Waals surface area contributed by atoms with Gasteiger partial charge in [-0.25, -0.2) is 0 Å². The largest absolute Gasteiger partial charge is 0.310 e. The monoisotopic (exact) mass is 719 g/mol. The molecular weight excluding hydrogens is 683 g/mol. The molecular formula is C53H37NS. The molecule has 0 saturated carbocycles. The topological polar surface area (TPSA) is 3.24 Å². The third-order valence-corrected chi connectivity index (χ3v) is 13.0. The molecule has 55 heavy (non-hydrogen) atoms. The molecule has 1 heterocycles. The SMILES string of the molecule is CC1(C)c2ccccc2-c2c(N(c3ccc(-c4ccc5ccccc5c4)cc3)c3ccc(-c4cccc5sc6cc7ccccc7cc6c45)cc3)cccc21. The Labute approximate surface area is 325 Å². The number of hydrogen-bond acceptors (Lipinski definition) is 2. The molecule has 0 fully saturated rings. The maximum Gasteiger partial charge on any atom is 0.0543 e. The van der Waals surface area contributed by atoms with Crippen LogP contribution in [0, 0.1) is 0 Å². The van der Waals surface area contributed by atoms with Gasteiger partial charge in [-0.1, -0.05) is 147 Å². The first-order chi connectivity index (χ1) is 27.0. The van der Waals surface area contributed by atoms with E-state index in [1.54, 1.807) is 0 Å². The van der Waals surface area contributed by atoms with E-state index in [2.05, 4.69) is 207 Å². The first-order valence-corrected chi connectivity index (χ1v) is 19.9. The van der Waals surface area contributed by atoms with E-state index in [4.69, 9.17) is 0 Å². The Hall–Kier alpha value is -6.48. The number of anilines is 3. The van der Waals surface area contributed by atoms with E-state index in [0.717, 1.165) is 11.4 Å². The second-order valence-corrected chi connectivity index (χ2v) is 16.4. The molecule has 260 valence electrons. The van der Waals surface area contributed by atoms with Gasteiger partial charge in [-0.15, -0.1) is 11.3 Å². The summed E-state index contributed by atoms with van der Waals surface area (Å²) in [7, 11) is 0. The molecule has 0 saturated heterocycles. The van der Waals surface area contributed by atoms with Crippen LogP contribution in [0.4, 0.5) is 17.1 Å². The average Bonchev–Trinajstić information content (AvgIpc) is 3.72. The van der Waals surface area contributed by atoms with Crippen LogP contribution in [0.1, 0.15) is 25.0 Å². The number of rotatable bonds is 5. The van der Waals surface area contributed by atoms with Crippen LogP contribution in [0.3, 0.4) is 0 Å². The average molecular weight is 720 g/mol. The highest BCUT2D eigenvalue weighted by atomic mass is 32.1. The fraction of sp³-hybridized carbons (Fsp3) is 0.0566. The van der Waals surface area contributed by atoms with Gasteiger partial charge in [-0.2, -0.15) is 0 Å². The maximum absolute atomic E-state index is 2.46. The molecule has 1 aromatic heterocycles. The fourth-order valence-electron chi connectivity index (χ4n) is 9.06. The molecule has 9 aromatic carbocycles. The van der Waals surface area contributed by atoms with Crippen molar-refractivity contribution in [3.63, 3.8) is 0 Å². The second kappa shape index (κ2) is 12.3. The number of thiophene rings is 1. The lowest BCUT2D eigenvalue weighted by Gasteiger charge is -2.29. The molecule has 2 heteroatoms. The summed E-state index contributed by atoms with van der Waals surface area (Å²) in [4.78, 5) is 2.46. The van der Waals surface area contributed by atoms with Crippen LogP contribution in [0.2, 0.25) is 0 Å². The zero-order chi connectivity index (χ0) is 36.7. The molecule has 0 unspecified atom stereocenters. The molecule has 0 atom stereocenters. The summed E-state index contributed by atoms with van der Waals surface area (Å²) < 4.78 is 2.65. The summed E-state index contributed by atoms with van der Waals surface area (Å²) in [6, 6.07) is 69.6. The zero-order valence-corrected chi connectivity index (χ0v) is 31.6. The van der Waals surface area contributed by atoms with Crippen LogP contribution in [0.25, 0.3) is 75.1 Å². The normalized spacial score (nSPS) is 13.1. The van der Waals surface area contributed by atoms with Crippen LogP contribution in [0.15, 0.2) is 188 Å². The predicted molar refractivity (Wildman–Crippen MR) is 237 cm³/mol. The van der Waals surface area contributed by atoms with Crippen molar-refractivity contribution in [3.8, 4) is 33.4 Å². The third-order valence-electron chi connectivity index (χ3n) is 11.8. The van der Waals surface area contributed by atoms with Crippen LogP contribution in [0.5, 0.6) is 0 Å². The van der Waals surface area contributed by atoms with Gasteiger partial charge in [0.15, 0.2) is 0 Å². The van der Waals surface area contributed by atoms with Gasteiger partial charge < -0.3 is 4.90 Å². The Morgan fingerprint density at radius 3 is 1.76 bits per heavy atom. The van der Waals surface area contributed by atoms with Crippen molar-refractivity contribution in [2.45, 2.75) is 19.3 Å². The van der Waals surface area contributed by atoms with Crippen molar-refractivity contribution in [3.05, 3.63) is 199 Å². The van der Waals surface area contributed by atoms with Crippen molar-refractivity contribution >= 4 is 70.1 Å². The smallest absolute Gasteiger partial charge is 0.0543 e. The lowest BCUT2D eigenvalue weighted by molar-refractivity contribution is 0.660. The van der Waals surface area contributed by atoms with Crippen LogP contribution in [-0.4, -0.2) is 0 Å². The van der Waals surface area contributed by atoms with Gasteiger partial charge in [0.05, 0.1) is 5.69 Å². The predicted octanol–water partition coefficient (Wildman–Crippen LogP) is 15.5. The second-order valence-electron chi connectivity index (χ2n) is 15.3. The van der Waals surface area contributed by atoms with E-state index in [1.165, 1.54) is 91.9 Å².